The van der Waals surface area contributed by atoms with Crippen LogP contribution in [-0.2, 0) is 4.74 Å². The summed E-state index contributed by atoms with van der Waals surface area (Å²) in [7, 11) is 0. The number of carbonyl (C=O) groups excluding carboxylic acids is 1. The van der Waals surface area contributed by atoms with E-state index < -0.39 is 12.1 Å². The van der Waals surface area contributed by atoms with E-state index in [1.54, 1.807) is 30.9 Å². The third kappa shape index (κ3) is 2.71. The Labute approximate surface area is 126 Å². The van der Waals surface area contributed by atoms with Crippen molar-refractivity contribution < 1.29 is 9.53 Å². The molecule has 110 valence electrons. The zero-order valence-corrected chi connectivity index (χ0v) is 11.8. The maximum Gasteiger partial charge on any atom is 0.341 e. The summed E-state index contributed by atoms with van der Waals surface area (Å²) < 4.78 is 5.62. The number of H-pyrrole nitrogens is 1. The van der Waals surface area contributed by atoms with E-state index in [0.29, 0.717) is 22.9 Å². The predicted molar refractivity (Wildman–Crippen MR) is 81.1 cm³/mol. The summed E-state index contributed by atoms with van der Waals surface area (Å²) in [5, 5.41) is 7.39. The van der Waals surface area contributed by atoms with Crippen molar-refractivity contribution in [1.82, 2.24) is 20.2 Å². The van der Waals surface area contributed by atoms with Crippen LogP contribution in [0.5, 0.6) is 0 Å². The summed E-state index contributed by atoms with van der Waals surface area (Å²) in [5.41, 5.74) is 1.95. The SMILES string of the molecule is C=CCC(OC(=O)c1cncc2[nH]ncc12)c1ccncc1. The second kappa shape index (κ2) is 6.17. The highest BCUT2D eigenvalue weighted by Gasteiger charge is 2.19. The Morgan fingerprint density at radius 2 is 2.09 bits per heavy atom. The number of ether oxygens (including phenoxy) is 1. The molecule has 6 nitrogen and oxygen atoms in total. The first-order valence-corrected chi connectivity index (χ1v) is 6.78. The highest BCUT2D eigenvalue weighted by Crippen LogP contribution is 2.24. The van der Waals surface area contributed by atoms with E-state index in [1.807, 2.05) is 12.1 Å². The molecule has 6 heteroatoms. The molecule has 0 aliphatic rings. The van der Waals surface area contributed by atoms with Crippen molar-refractivity contribution >= 4 is 16.9 Å². The Kier molecular flexibility index (Phi) is 3.91. The first-order chi connectivity index (χ1) is 10.8. The van der Waals surface area contributed by atoms with Gasteiger partial charge in [0.1, 0.15) is 6.10 Å². The molecule has 1 N–H and O–H groups in total. The first kappa shape index (κ1) is 13.9. The molecule has 0 amide bonds. The number of nitrogens with zero attached hydrogens (tertiary/aromatic N) is 3. The normalized spacial score (nSPS) is 12.0. The van der Waals surface area contributed by atoms with Crippen LogP contribution in [0.25, 0.3) is 10.9 Å². The molecular formula is C16H14N4O2. The van der Waals surface area contributed by atoms with Gasteiger partial charge in [-0.3, -0.25) is 15.1 Å². The van der Waals surface area contributed by atoms with Crippen LogP contribution in [-0.4, -0.2) is 26.1 Å². The van der Waals surface area contributed by atoms with Crippen molar-refractivity contribution in [3.05, 3.63) is 66.9 Å². The standard InChI is InChI=1S/C16H14N4O2/c1-2-3-15(11-4-6-17-7-5-11)22-16(21)13-8-18-10-14-12(13)9-19-20-14/h2,4-10,15H,1,3H2,(H,19,20). The van der Waals surface area contributed by atoms with Crippen LogP contribution in [0.1, 0.15) is 28.4 Å². The number of carbonyl (C=O) groups is 1. The lowest BCUT2D eigenvalue weighted by Crippen LogP contribution is -2.12. The molecule has 0 aliphatic heterocycles. The van der Waals surface area contributed by atoms with Crippen LogP contribution in [0.4, 0.5) is 0 Å². The van der Waals surface area contributed by atoms with Crippen molar-refractivity contribution in [3.63, 3.8) is 0 Å². The Hall–Kier alpha value is -3.02. The molecule has 3 aromatic rings. The lowest BCUT2D eigenvalue weighted by molar-refractivity contribution is 0.0305. The van der Waals surface area contributed by atoms with E-state index in [9.17, 15) is 4.79 Å². The van der Waals surface area contributed by atoms with Crippen LogP contribution < -0.4 is 0 Å². The fourth-order valence-electron chi connectivity index (χ4n) is 2.20. The third-order valence-electron chi connectivity index (χ3n) is 3.29. The molecule has 0 saturated carbocycles. The fourth-order valence-corrected chi connectivity index (χ4v) is 2.20. The van der Waals surface area contributed by atoms with Gasteiger partial charge in [0.05, 0.1) is 23.5 Å². The zero-order chi connectivity index (χ0) is 15.4. The summed E-state index contributed by atoms with van der Waals surface area (Å²) in [6.07, 6.45) is 9.84. The van der Waals surface area contributed by atoms with Crippen LogP contribution in [0.15, 0.2) is 55.8 Å². The predicted octanol–water partition coefficient (Wildman–Crippen LogP) is 2.83. The van der Waals surface area contributed by atoms with Gasteiger partial charge in [-0.1, -0.05) is 6.08 Å². The molecule has 0 fully saturated rings. The summed E-state index contributed by atoms with van der Waals surface area (Å²) in [5.74, 6) is -0.442. The van der Waals surface area contributed by atoms with Gasteiger partial charge in [-0.15, -0.1) is 6.58 Å². The van der Waals surface area contributed by atoms with Crippen molar-refractivity contribution in [3.8, 4) is 0 Å². The van der Waals surface area contributed by atoms with Gasteiger partial charge >= 0.3 is 5.97 Å². The Morgan fingerprint density at radius 3 is 2.86 bits per heavy atom. The molecule has 3 rings (SSSR count). The van der Waals surface area contributed by atoms with Crippen LogP contribution in [0, 0.1) is 0 Å². The largest absolute Gasteiger partial charge is 0.454 e. The van der Waals surface area contributed by atoms with Gasteiger partial charge in [0.2, 0.25) is 0 Å². The highest BCUT2D eigenvalue weighted by molar-refractivity contribution is 6.02. The van der Waals surface area contributed by atoms with Crippen LogP contribution in [0.2, 0.25) is 0 Å². The Balaban J connectivity index is 1.88. The first-order valence-electron chi connectivity index (χ1n) is 6.78. The summed E-state index contributed by atoms with van der Waals surface area (Å²) in [6, 6.07) is 3.64. The summed E-state index contributed by atoms with van der Waals surface area (Å²) >= 11 is 0. The van der Waals surface area contributed by atoms with E-state index >= 15 is 0 Å². The minimum absolute atomic E-state index is 0.384. The number of esters is 1. The molecule has 0 spiro atoms. The van der Waals surface area contributed by atoms with Crippen molar-refractivity contribution in [2.24, 2.45) is 0 Å². The lowest BCUT2D eigenvalue weighted by atomic mass is 10.1. The molecule has 1 unspecified atom stereocenters. The molecule has 0 radical (unpaired) electrons. The lowest BCUT2D eigenvalue weighted by Gasteiger charge is -2.16. The number of nitrogens with one attached hydrogen (secondary N) is 1. The van der Waals surface area contributed by atoms with Gasteiger partial charge in [-0.25, -0.2) is 4.79 Å². The number of rotatable bonds is 5. The number of hydrogen-bond donors (Lipinski definition) is 1. The Morgan fingerprint density at radius 1 is 1.27 bits per heavy atom. The van der Waals surface area contributed by atoms with Gasteiger partial charge in [-0.05, 0) is 17.7 Å². The average molecular weight is 294 g/mol. The summed E-state index contributed by atoms with van der Waals surface area (Å²) in [6.45, 7) is 3.71. The Bertz CT molecular complexity index is 798. The topological polar surface area (TPSA) is 80.8 Å². The summed E-state index contributed by atoms with van der Waals surface area (Å²) in [4.78, 5) is 20.5. The second-order valence-corrected chi connectivity index (χ2v) is 4.72. The minimum atomic E-state index is -0.442. The van der Waals surface area contributed by atoms with E-state index in [0.717, 1.165) is 5.56 Å². The molecular weight excluding hydrogens is 280 g/mol. The van der Waals surface area contributed by atoms with Crippen molar-refractivity contribution in [2.45, 2.75) is 12.5 Å². The number of hydrogen-bond acceptors (Lipinski definition) is 5. The van der Waals surface area contributed by atoms with E-state index in [2.05, 4.69) is 26.7 Å². The van der Waals surface area contributed by atoms with Gasteiger partial charge in [0.25, 0.3) is 0 Å². The molecule has 1 atom stereocenters. The molecule has 22 heavy (non-hydrogen) atoms. The zero-order valence-electron chi connectivity index (χ0n) is 11.8. The minimum Gasteiger partial charge on any atom is -0.454 e. The number of fused-ring (bicyclic) bond motifs is 1. The van der Waals surface area contributed by atoms with Crippen molar-refractivity contribution in [2.75, 3.05) is 0 Å². The quantitative estimate of drug-likeness (QED) is 0.578. The van der Waals surface area contributed by atoms with E-state index in [-0.39, 0.29) is 0 Å². The molecule has 0 bridgehead atoms. The van der Waals surface area contributed by atoms with Gasteiger partial charge in [0.15, 0.2) is 0 Å². The van der Waals surface area contributed by atoms with Gasteiger partial charge in [0, 0.05) is 30.4 Å². The molecule has 0 aromatic carbocycles. The number of aromatic nitrogens is 4. The molecule has 0 saturated heterocycles. The molecule has 3 aromatic heterocycles. The van der Waals surface area contributed by atoms with Gasteiger partial charge in [-0.2, -0.15) is 5.10 Å². The fraction of sp³-hybridized carbons (Fsp3) is 0.125. The van der Waals surface area contributed by atoms with Crippen molar-refractivity contribution in [1.29, 1.82) is 0 Å². The maximum atomic E-state index is 12.5. The number of pyridine rings is 2. The maximum absolute atomic E-state index is 12.5. The second-order valence-electron chi connectivity index (χ2n) is 4.72. The van der Waals surface area contributed by atoms with Crippen LogP contribution >= 0.6 is 0 Å². The average Bonchev–Trinajstić information content (AvgIpc) is 3.03. The van der Waals surface area contributed by atoms with E-state index in [1.165, 1.54) is 6.20 Å². The highest BCUT2D eigenvalue weighted by atomic mass is 16.5. The number of aromatic amines is 1. The smallest absolute Gasteiger partial charge is 0.341 e. The van der Waals surface area contributed by atoms with Gasteiger partial charge < -0.3 is 4.74 Å². The molecule has 3 heterocycles. The monoisotopic (exact) mass is 294 g/mol. The molecule has 0 aliphatic carbocycles. The van der Waals surface area contributed by atoms with Crippen LogP contribution in [0.3, 0.4) is 0 Å². The van der Waals surface area contributed by atoms with E-state index in [4.69, 9.17) is 4.74 Å². The third-order valence-corrected chi connectivity index (χ3v) is 3.29.